The van der Waals surface area contributed by atoms with E-state index in [0.29, 0.717) is 12.2 Å². The maximum Gasteiger partial charge on any atom is 0.252 e. The van der Waals surface area contributed by atoms with Gasteiger partial charge in [-0.3, -0.25) is 0 Å². The van der Waals surface area contributed by atoms with Crippen LogP contribution in [0.3, 0.4) is 0 Å². The Morgan fingerprint density at radius 1 is 1.42 bits per heavy atom. The van der Waals surface area contributed by atoms with Crippen molar-refractivity contribution in [1.29, 1.82) is 0 Å². The average molecular weight is 324 g/mol. The van der Waals surface area contributed by atoms with Crippen LogP contribution in [0.4, 0.5) is 5.13 Å². The van der Waals surface area contributed by atoms with Crippen LogP contribution in [0.5, 0.6) is 0 Å². The first-order valence-electron chi connectivity index (χ1n) is 6.08. The number of thioether (sulfide) groups is 1. The molecule has 1 rings (SSSR count). The van der Waals surface area contributed by atoms with E-state index >= 15 is 0 Å². The fourth-order valence-electron chi connectivity index (χ4n) is 1.80. The van der Waals surface area contributed by atoms with Gasteiger partial charge < -0.3 is 5.73 Å². The van der Waals surface area contributed by atoms with Gasteiger partial charge in [0.25, 0.3) is 10.0 Å². The molecular formula is C11H21N3O2S3. The molecular weight excluding hydrogens is 302 g/mol. The van der Waals surface area contributed by atoms with Gasteiger partial charge >= 0.3 is 0 Å². The van der Waals surface area contributed by atoms with Crippen LogP contribution in [0.2, 0.25) is 0 Å². The van der Waals surface area contributed by atoms with Gasteiger partial charge in [-0.15, -0.1) is 0 Å². The van der Waals surface area contributed by atoms with Gasteiger partial charge in [-0.05, 0) is 26.0 Å². The minimum Gasteiger partial charge on any atom is -0.375 e. The van der Waals surface area contributed by atoms with E-state index in [9.17, 15) is 8.42 Å². The van der Waals surface area contributed by atoms with Crippen LogP contribution in [-0.4, -0.2) is 30.9 Å². The van der Waals surface area contributed by atoms with Crippen molar-refractivity contribution in [1.82, 2.24) is 9.71 Å². The van der Waals surface area contributed by atoms with E-state index < -0.39 is 10.0 Å². The summed E-state index contributed by atoms with van der Waals surface area (Å²) < 4.78 is 27.4. The van der Waals surface area contributed by atoms with Gasteiger partial charge in [0.15, 0.2) is 9.34 Å². The van der Waals surface area contributed by atoms with Crippen molar-refractivity contribution < 1.29 is 8.42 Å². The highest BCUT2D eigenvalue weighted by atomic mass is 32.2. The second kappa shape index (κ2) is 6.43. The molecule has 0 aromatic carbocycles. The number of thiazole rings is 1. The lowest BCUT2D eigenvalue weighted by molar-refractivity contribution is 0.522. The van der Waals surface area contributed by atoms with E-state index in [1.54, 1.807) is 18.7 Å². The third-order valence-electron chi connectivity index (χ3n) is 3.32. The molecule has 0 bridgehead atoms. The Hall–Kier alpha value is -0.310. The Kier molecular flexibility index (Phi) is 5.66. The summed E-state index contributed by atoms with van der Waals surface area (Å²) in [6.45, 7) is 6.22. The largest absolute Gasteiger partial charge is 0.375 e. The second-order valence-electron chi connectivity index (χ2n) is 4.34. The second-order valence-corrected chi connectivity index (χ2v) is 8.61. The van der Waals surface area contributed by atoms with Crippen LogP contribution in [-0.2, 0) is 10.0 Å². The lowest BCUT2D eigenvalue weighted by Crippen LogP contribution is -2.39. The van der Waals surface area contributed by atoms with Gasteiger partial charge in [0.2, 0.25) is 0 Å². The summed E-state index contributed by atoms with van der Waals surface area (Å²) in [5.74, 6) is 0. The molecule has 0 aliphatic carbocycles. The van der Waals surface area contributed by atoms with Crippen LogP contribution >= 0.6 is 23.1 Å². The number of nitrogens with two attached hydrogens (primary N) is 1. The predicted octanol–water partition coefficient (Wildman–Crippen LogP) is 2.23. The molecule has 0 aliphatic rings. The van der Waals surface area contributed by atoms with Crippen LogP contribution in [0.15, 0.2) is 4.21 Å². The van der Waals surface area contributed by atoms with Crippen molar-refractivity contribution in [2.24, 2.45) is 0 Å². The Balaban J connectivity index is 2.90. The monoisotopic (exact) mass is 323 g/mol. The normalized spacial score (nSPS) is 12.8. The maximum atomic E-state index is 12.3. The van der Waals surface area contributed by atoms with Crippen LogP contribution < -0.4 is 10.5 Å². The standard InChI is InChI=1S/C11H21N3O2S3/c1-5-11(6-2,17-4)7-13-19(15,16)9-8(3)14-10(12)18-9/h13H,5-7H2,1-4H3,(H2,12,14). The molecule has 0 fully saturated rings. The highest BCUT2D eigenvalue weighted by Crippen LogP contribution is 2.31. The van der Waals surface area contributed by atoms with Crippen LogP contribution in [0.1, 0.15) is 32.4 Å². The molecule has 110 valence electrons. The fourth-order valence-corrected chi connectivity index (χ4v) is 5.16. The van der Waals surface area contributed by atoms with E-state index in [2.05, 4.69) is 23.6 Å². The minimum atomic E-state index is -3.52. The highest BCUT2D eigenvalue weighted by molar-refractivity contribution is 8.00. The van der Waals surface area contributed by atoms with E-state index in [-0.39, 0.29) is 14.1 Å². The summed E-state index contributed by atoms with van der Waals surface area (Å²) in [6.07, 6.45) is 3.84. The summed E-state index contributed by atoms with van der Waals surface area (Å²) in [5, 5.41) is 0.278. The maximum absolute atomic E-state index is 12.3. The fraction of sp³-hybridized carbons (Fsp3) is 0.727. The Morgan fingerprint density at radius 3 is 2.37 bits per heavy atom. The van der Waals surface area contributed by atoms with Crippen molar-refractivity contribution in [3.05, 3.63) is 5.69 Å². The first kappa shape index (κ1) is 16.7. The Labute approximate surface area is 123 Å². The van der Waals surface area contributed by atoms with Crippen molar-refractivity contribution in [3.63, 3.8) is 0 Å². The van der Waals surface area contributed by atoms with E-state index in [4.69, 9.17) is 5.73 Å². The lowest BCUT2D eigenvalue weighted by atomic mass is 10.0. The number of nitrogen functional groups attached to an aromatic ring is 1. The van der Waals surface area contributed by atoms with Crippen molar-refractivity contribution >= 4 is 38.3 Å². The average Bonchev–Trinajstić information content (AvgIpc) is 2.72. The molecule has 1 heterocycles. The van der Waals surface area contributed by atoms with Crippen LogP contribution in [0, 0.1) is 6.92 Å². The van der Waals surface area contributed by atoms with Crippen molar-refractivity contribution in [2.75, 3.05) is 18.5 Å². The minimum absolute atomic E-state index is 0.0583. The SMILES string of the molecule is CCC(CC)(CNS(=O)(=O)c1sc(N)nc1C)SC. The van der Waals surface area contributed by atoms with E-state index in [1.165, 1.54) is 0 Å². The number of aromatic nitrogens is 1. The molecule has 0 amide bonds. The van der Waals surface area contributed by atoms with Gasteiger partial charge in [-0.1, -0.05) is 25.2 Å². The summed E-state index contributed by atoms with van der Waals surface area (Å²) >= 11 is 2.70. The van der Waals surface area contributed by atoms with Gasteiger partial charge in [0.05, 0.1) is 5.69 Å². The number of nitrogens with one attached hydrogen (secondary N) is 1. The Bertz CT molecular complexity index is 513. The summed E-state index contributed by atoms with van der Waals surface area (Å²) in [6, 6.07) is 0. The molecule has 1 aromatic rings. The molecule has 0 saturated heterocycles. The zero-order chi connectivity index (χ0) is 14.7. The molecule has 19 heavy (non-hydrogen) atoms. The number of anilines is 1. The summed E-state index contributed by atoms with van der Waals surface area (Å²) in [4.78, 5) is 3.95. The molecule has 0 radical (unpaired) electrons. The van der Waals surface area contributed by atoms with Crippen LogP contribution in [0.25, 0.3) is 0 Å². The van der Waals surface area contributed by atoms with E-state index in [1.807, 2.05) is 6.26 Å². The summed E-state index contributed by atoms with van der Waals surface area (Å²) in [5.41, 5.74) is 6.00. The number of sulfonamides is 1. The molecule has 1 aromatic heterocycles. The quantitative estimate of drug-likeness (QED) is 0.804. The molecule has 0 aliphatic heterocycles. The topological polar surface area (TPSA) is 85.1 Å². The summed E-state index contributed by atoms with van der Waals surface area (Å²) in [7, 11) is -3.52. The lowest BCUT2D eigenvalue weighted by Gasteiger charge is -2.29. The molecule has 0 unspecified atom stereocenters. The zero-order valence-electron chi connectivity index (χ0n) is 11.7. The van der Waals surface area contributed by atoms with Crippen molar-refractivity contribution in [3.8, 4) is 0 Å². The highest BCUT2D eigenvalue weighted by Gasteiger charge is 2.29. The zero-order valence-corrected chi connectivity index (χ0v) is 14.1. The first-order valence-corrected chi connectivity index (χ1v) is 9.60. The third-order valence-corrected chi connectivity index (χ3v) is 7.91. The van der Waals surface area contributed by atoms with E-state index in [0.717, 1.165) is 24.2 Å². The first-order chi connectivity index (χ1) is 8.80. The van der Waals surface area contributed by atoms with Gasteiger partial charge in [0, 0.05) is 11.3 Å². The molecule has 0 saturated carbocycles. The Morgan fingerprint density at radius 2 is 2.00 bits per heavy atom. The third kappa shape index (κ3) is 3.84. The molecule has 3 N–H and O–H groups in total. The smallest absolute Gasteiger partial charge is 0.252 e. The number of aryl methyl sites for hydroxylation is 1. The number of rotatable bonds is 7. The number of hydrogen-bond donors (Lipinski definition) is 2. The van der Waals surface area contributed by atoms with Crippen molar-refractivity contribution in [2.45, 2.75) is 42.6 Å². The molecule has 8 heteroatoms. The number of hydrogen-bond acceptors (Lipinski definition) is 6. The van der Waals surface area contributed by atoms with Gasteiger partial charge in [-0.2, -0.15) is 11.8 Å². The molecule has 0 spiro atoms. The molecule has 5 nitrogen and oxygen atoms in total. The number of nitrogens with zero attached hydrogens (tertiary/aromatic N) is 1. The molecule has 0 atom stereocenters. The van der Waals surface area contributed by atoms with Gasteiger partial charge in [-0.25, -0.2) is 18.1 Å². The van der Waals surface area contributed by atoms with Gasteiger partial charge in [0.1, 0.15) is 0 Å². The predicted molar refractivity (Wildman–Crippen MR) is 83.3 cm³/mol.